The van der Waals surface area contributed by atoms with Crippen LogP contribution in [-0.2, 0) is 17.1 Å². The van der Waals surface area contributed by atoms with E-state index in [4.69, 9.17) is 0 Å². The predicted molar refractivity (Wildman–Crippen MR) is 116 cm³/mol. The number of hydrogen-bond donors (Lipinski definition) is 0. The number of nitrogens with zero attached hydrogens (tertiary/aromatic N) is 3. The highest BCUT2D eigenvalue weighted by atomic mass is 32.2. The molecule has 2 aromatic carbocycles. The Morgan fingerprint density at radius 1 is 1.16 bits per heavy atom. The standard InChI is InChI=1S/C21H19F2N3O3S2/c1-4-10-26(11-5-2)31(28,29)16-8-6-14(7-9-16)20(27)24-21-25(3)19-17(23)12-15(22)13-18(19)30-21/h4-9,12-13H,1-2,10-11H2,3H3. The molecule has 3 aromatic rings. The van der Waals surface area contributed by atoms with Gasteiger partial charge in [-0.15, -0.1) is 13.2 Å². The normalized spacial score (nSPS) is 12.5. The Bertz CT molecular complexity index is 1330. The molecule has 31 heavy (non-hydrogen) atoms. The summed E-state index contributed by atoms with van der Waals surface area (Å²) in [4.78, 5) is 16.8. The lowest BCUT2D eigenvalue weighted by atomic mass is 10.2. The van der Waals surface area contributed by atoms with Gasteiger partial charge in [0.05, 0.1) is 15.1 Å². The van der Waals surface area contributed by atoms with E-state index in [9.17, 15) is 22.0 Å². The minimum absolute atomic E-state index is 0.0118. The third-order valence-electron chi connectivity index (χ3n) is 4.42. The summed E-state index contributed by atoms with van der Waals surface area (Å²) in [6.07, 6.45) is 2.94. The Morgan fingerprint density at radius 2 is 1.77 bits per heavy atom. The summed E-state index contributed by atoms with van der Waals surface area (Å²) in [6, 6.07) is 7.28. The monoisotopic (exact) mass is 463 g/mol. The molecule has 0 saturated carbocycles. The second-order valence-electron chi connectivity index (χ2n) is 6.52. The first kappa shape index (κ1) is 22.7. The number of benzene rings is 2. The summed E-state index contributed by atoms with van der Waals surface area (Å²) in [6.45, 7) is 7.34. The average Bonchev–Trinajstić information content (AvgIpc) is 3.03. The van der Waals surface area contributed by atoms with Gasteiger partial charge < -0.3 is 4.57 Å². The number of amides is 1. The molecule has 1 heterocycles. The molecule has 10 heteroatoms. The van der Waals surface area contributed by atoms with Gasteiger partial charge in [-0.1, -0.05) is 23.5 Å². The summed E-state index contributed by atoms with van der Waals surface area (Å²) in [5.74, 6) is -2.11. The van der Waals surface area contributed by atoms with Gasteiger partial charge in [-0.2, -0.15) is 9.30 Å². The Balaban J connectivity index is 1.95. The van der Waals surface area contributed by atoms with Gasteiger partial charge in [-0.3, -0.25) is 4.79 Å². The second-order valence-corrected chi connectivity index (χ2v) is 9.47. The SMILES string of the molecule is C=CCN(CC=C)S(=O)(=O)c1ccc(C(=O)N=c2sc3cc(F)cc(F)c3n2C)cc1. The van der Waals surface area contributed by atoms with E-state index in [1.54, 1.807) is 0 Å². The van der Waals surface area contributed by atoms with Gasteiger partial charge in [-0.05, 0) is 30.3 Å². The van der Waals surface area contributed by atoms with E-state index in [-0.39, 0.29) is 33.9 Å². The number of halogens is 2. The van der Waals surface area contributed by atoms with Crippen molar-refractivity contribution in [1.82, 2.24) is 8.87 Å². The maximum Gasteiger partial charge on any atom is 0.279 e. The van der Waals surface area contributed by atoms with Crippen LogP contribution in [0.15, 0.2) is 71.6 Å². The van der Waals surface area contributed by atoms with Crippen LogP contribution in [0.4, 0.5) is 8.78 Å². The first-order valence-corrected chi connectivity index (χ1v) is 11.3. The number of hydrogen-bond acceptors (Lipinski definition) is 4. The van der Waals surface area contributed by atoms with Crippen molar-refractivity contribution < 1.29 is 22.0 Å². The quantitative estimate of drug-likeness (QED) is 0.503. The molecule has 0 aliphatic rings. The molecule has 0 radical (unpaired) electrons. The van der Waals surface area contributed by atoms with Gasteiger partial charge in [0.15, 0.2) is 10.6 Å². The number of aromatic nitrogens is 1. The van der Waals surface area contributed by atoms with Crippen molar-refractivity contribution in [2.45, 2.75) is 4.90 Å². The van der Waals surface area contributed by atoms with E-state index >= 15 is 0 Å². The molecule has 3 rings (SSSR count). The number of thiazole rings is 1. The van der Waals surface area contributed by atoms with Crippen LogP contribution >= 0.6 is 11.3 Å². The Morgan fingerprint density at radius 3 is 2.35 bits per heavy atom. The molecule has 1 aromatic heterocycles. The van der Waals surface area contributed by atoms with Crippen molar-refractivity contribution in [3.63, 3.8) is 0 Å². The summed E-state index contributed by atoms with van der Waals surface area (Å²) < 4.78 is 55.9. The van der Waals surface area contributed by atoms with Crippen LogP contribution in [0, 0.1) is 11.6 Å². The van der Waals surface area contributed by atoms with Gasteiger partial charge in [0, 0.05) is 31.8 Å². The molecule has 0 aliphatic carbocycles. The van der Waals surface area contributed by atoms with Crippen LogP contribution in [0.3, 0.4) is 0 Å². The number of sulfonamides is 1. The molecule has 0 unspecified atom stereocenters. The van der Waals surface area contributed by atoms with E-state index in [0.717, 1.165) is 17.4 Å². The molecule has 0 atom stereocenters. The summed E-state index contributed by atoms with van der Waals surface area (Å²) in [5.41, 5.74) is 0.297. The predicted octanol–water partition coefficient (Wildman–Crippen LogP) is 3.62. The second kappa shape index (κ2) is 9.04. The molecular weight excluding hydrogens is 444 g/mol. The molecule has 0 fully saturated rings. The van der Waals surface area contributed by atoms with Crippen molar-refractivity contribution in [1.29, 1.82) is 0 Å². The van der Waals surface area contributed by atoms with Crippen LogP contribution in [0.2, 0.25) is 0 Å². The molecule has 0 bridgehead atoms. The Hall–Kier alpha value is -2.95. The average molecular weight is 464 g/mol. The number of aryl methyl sites for hydroxylation is 1. The fraction of sp³-hybridized carbons (Fsp3) is 0.143. The van der Waals surface area contributed by atoms with E-state index in [1.165, 1.54) is 58.4 Å². The maximum absolute atomic E-state index is 14.1. The summed E-state index contributed by atoms with van der Waals surface area (Å²) in [7, 11) is -2.27. The first-order valence-electron chi connectivity index (χ1n) is 9.04. The number of carbonyl (C=O) groups excluding carboxylic acids is 1. The zero-order valence-electron chi connectivity index (χ0n) is 16.6. The molecule has 6 nitrogen and oxygen atoms in total. The van der Waals surface area contributed by atoms with Crippen LogP contribution in [-0.4, -0.2) is 36.3 Å². The smallest absolute Gasteiger partial charge is 0.279 e. The van der Waals surface area contributed by atoms with E-state index in [1.807, 2.05) is 0 Å². The fourth-order valence-corrected chi connectivity index (χ4v) is 5.37. The topological polar surface area (TPSA) is 71.7 Å². The fourth-order valence-electron chi connectivity index (χ4n) is 2.93. The first-order chi connectivity index (χ1) is 14.7. The lowest BCUT2D eigenvalue weighted by Crippen LogP contribution is -2.31. The zero-order chi connectivity index (χ0) is 22.8. The molecule has 0 aliphatic heterocycles. The van der Waals surface area contributed by atoms with Crippen molar-refractivity contribution in [3.8, 4) is 0 Å². The third-order valence-corrected chi connectivity index (χ3v) is 7.34. The molecule has 0 saturated heterocycles. The number of carbonyl (C=O) groups is 1. The molecule has 0 N–H and O–H groups in total. The van der Waals surface area contributed by atoms with Gasteiger partial charge >= 0.3 is 0 Å². The van der Waals surface area contributed by atoms with Gasteiger partial charge in [0.1, 0.15) is 5.82 Å². The molecule has 162 valence electrons. The number of fused-ring (bicyclic) bond motifs is 1. The zero-order valence-corrected chi connectivity index (χ0v) is 18.2. The van der Waals surface area contributed by atoms with Gasteiger partial charge in [-0.25, -0.2) is 17.2 Å². The van der Waals surface area contributed by atoms with E-state index < -0.39 is 27.6 Å². The molecular formula is C21H19F2N3O3S2. The summed E-state index contributed by atoms with van der Waals surface area (Å²) >= 11 is 0.972. The maximum atomic E-state index is 14.1. The molecule has 1 amide bonds. The highest BCUT2D eigenvalue weighted by Crippen LogP contribution is 2.22. The van der Waals surface area contributed by atoms with Gasteiger partial charge in [0.25, 0.3) is 5.91 Å². The van der Waals surface area contributed by atoms with Crippen molar-refractivity contribution in [2.75, 3.05) is 13.1 Å². The van der Waals surface area contributed by atoms with Crippen LogP contribution in [0.25, 0.3) is 10.2 Å². The van der Waals surface area contributed by atoms with Crippen molar-refractivity contribution in [2.24, 2.45) is 12.0 Å². The van der Waals surface area contributed by atoms with Crippen LogP contribution in [0.1, 0.15) is 10.4 Å². The minimum atomic E-state index is -3.79. The van der Waals surface area contributed by atoms with Crippen molar-refractivity contribution >= 4 is 37.5 Å². The van der Waals surface area contributed by atoms with Gasteiger partial charge in [0.2, 0.25) is 10.0 Å². The third kappa shape index (κ3) is 4.55. The highest BCUT2D eigenvalue weighted by molar-refractivity contribution is 7.89. The number of rotatable bonds is 7. The largest absolute Gasteiger partial charge is 0.317 e. The minimum Gasteiger partial charge on any atom is -0.317 e. The Kier molecular flexibility index (Phi) is 6.63. The molecule has 0 spiro atoms. The van der Waals surface area contributed by atoms with Crippen LogP contribution in [0.5, 0.6) is 0 Å². The van der Waals surface area contributed by atoms with E-state index in [2.05, 4.69) is 18.2 Å². The Labute approximate surface area is 182 Å². The highest BCUT2D eigenvalue weighted by Gasteiger charge is 2.22. The lowest BCUT2D eigenvalue weighted by molar-refractivity contribution is 0.0998. The lowest BCUT2D eigenvalue weighted by Gasteiger charge is -2.19. The van der Waals surface area contributed by atoms with Crippen LogP contribution < -0.4 is 4.80 Å². The summed E-state index contributed by atoms with van der Waals surface area (Å²) in [5, 5.41) is 0. The van der Waals surface area contributed by atoms with E-state index in [0.29, 0.717) is 4.70 Å². The van der Waals surface area contributed by atoms with Crippen molar-refractivity contribution in [3.05, 3.63) is 83.7 Å².